The van der Waals surface area contributed by atoms with E-state index in [2.05, 4.69) is 43.0 Å². The average Bonchev–Trinajstić information content (AvgIpc) is 2.29. The van der Waals surface area contributed by atoms with Gasteiger partial charge in [-0.3, -0.25) is 4.90 Å². The van der Waals surface area contributed by atoms with E-state index < -0.39 is 0 Å². The lowest BCUT2D eigenvalue weighted by atomic mass is 10.1. The maximum absolute atomic E-state index is 5.75. The van der Waals surface area contributed by atoms with Gasteiger partial charge in [-0.2, -0.15) is 0 Å². The van der Waals surface area contributed by atoms with E-state index in [1.807, 2.05) is 0 Å². The van der Waals surface area contributed by atoms with Gasteiger partial charge in [0.2, 0.25) is 0 Å². The molecule has 1 aromatic carbocycles. The smallest absolute Gasteiger partial charge is 0.0351 e. The number of alkyl halides is 1. The Labute approximate surface area is 98.0 Å². The van der Waals surface area contributed by atoms with Crippen molar-refractivity contribution in [3.8, 4) is 0 Å². The van der Waals surface area contributed by atoms with Gasteiger partial charge in [0, 0.05) is 19.0 Å². The van der Waals surface area contributed by atoms with Crippen LogP contribution in [0.25, 0.3) is 0 Å². The summed E-state index contributed by atoms with van der Waals surface area (Å²) in [6.07, 6.45) is 1.11. The lowest BCUT2D eigenvalue weighted by Gasteiger charge is -2.19. The summed E-state index contributed by atoms with van der Waals surface area (Å²) < 4.78 is 0. The van der Waals surface area contributed by atoms with E-state index in [1.54, 1.807) is 0 Å². The van der Waals surface area contributed by atoms with Crippen LogP contribution in [0, 0.1) is 0 Å². The van der Waals surface area contributed by atoms with Gasteiger partial charge >= 0.3 is 0 Å². The molecule has 0 atom stereocenters. The van der Waals surface area contributed by atoms with Crippen LogP contribution in [0.4, 0.5) is 0 Å². The van der Waals surface area contributed by atoms with E-state index in [9.17, 15) is 0 Å². The number of benzene rings is 1. The monoisotopic (exact) mass is 225 g/mol. The van der Waals surface area contributed by atoms with Gasteiger partial charge in [0.05, 0.1) is 0 Å². The van der Waals surface area contributed by atoms with Crippen molar-refractivity contribution < 1.29 is 0 Å². The molecule has 0 bridgehead atoms. The molecule has 0 unspecified atom stereocenters. The molecular weight excluding hydrogens is 206 g/mol. The summed E-state index contributed by atoms with van der Waals surface area (Å²) in [6, 6.07) is 8.86. The number of hydrogen-bond acceptors (Lipinski definition) is 1. The van der Waals surface area contributed by atoms with Gasteiger partial charge in [0.15, 0.2) is 0 Å². The molecule has 15 heavy (non-hydrogen) atoms. The zero-order chi connectivity index (χ0) is 11.1. The molecule has 0 saturated carbocycles. The summed E-state index contributed by atoms with van der Waals surface area (Å²) in [4.78, 5) is 2.36. The molecule has 0 aromatic heterocycles. The Morgan fingerprint density at radius 2 is 1.67 bits per heavy atom. The molecule has 84 valence electrons. The second kappa shape index (κ2) is 6.86. The molecule has 0 radical (unpaired) electrons. The third-order valence-corrected chi connectivity index (χ3v) is 2.85. The van der Waals surface area contributed by atoms with Gasteiger partial charge < -0.3 is 0 Å². The van der Waals surface area contributed by atoms with Gasteiger partial charge in [-0.15, -0.1) is 11.6 Å². The predicted molar refractivity (Wildman–Crippen MR) is 67.5 cm³/mol. The number of nitrogens with zero attached hydrogens (tertiary/aromatic N) is 1. The molecule has 0 N–H and O–H groups in total. The summed E-state index contributed by atoms with van der Waals surface area (Å²) >= 11 is 5.75. The highest BCUT2D eigenvalue weighted by Gasteiger charge is 2.02. The lowest BCUT2D eigenvalue weighted by molar-refractivity contribution is 0.297. The van der Waals surface area contributed by atoms with E-state index in [0.717, 1.165) is 26.1 Å². The van der Waals surface area contributed by atoms with Crippen molar-refractivity contribution in [1.29, 1.82) is 0 Å². The Hall–Kier alpha value is -0.530. The van der Waals surface area contributed by atoms with Crippen molar-refractivity contribution in [2.24, 2.45) is 0 Å². The van der Waals surface area contributed by atoms with Crippen LogP contribution in [-0.2, 0) is 13.0 Å². The van der Waals surface area contributed by atoms with Crippen molar-refractivity contribution in [2.75, 3.05) is 19.0 Å². The van der Waals surface area contributed by atoms with Gasteiger partial charge in [0.25, 0.3) is 0 Å². The van der Waals surface area contributed by atoms with Crippen LogP contribution >= 0.6 is 11.6 Å². The zero-order valence-corrected chi connectivity index (χ0v) is 10.4. The number of halogens is 1. The van der Waals surface area contributed by atoms with E-state index >= 15 is 0 Å². The summed E-state index contributed by atoms with van der Waals surface area (Å²) in [5.74, 6) is 0.709. The van der Waals surface area contributed by atoms with Crippen LogP contribution in [0.1, 0.15) is 25.0 Å². The molecule has 2 heteroatoms. The topological polar surface area (TPSA) is 3.24 Å². The fraction of sp³-hybridized carbons (Fsp3) is 0.538. The third-order valence-electron chi connectivity index (χ3n) is 2.69. The SMILES string of the molecule is CCc1ccc(CN(CC)CCCl)cc1. The fourth-order valence-corrected chi connectivity index (χ4v) is 1.85. The van der Waals surface area contributed by atoms with Gasteiger partial charge in [-0.05, 0) is 24.1 Å². The largest absolute Gasteiger partial charge is 0.298 e. The summed E-state index contributed by atoms with van der Waals surface area (Å²) in [6.45, 7) is 7.39. The van der Waals surface area contributed by atoms with Crippen molar-refractivity contribution in [2.45, 2.75) is 26.8 Å². The fourth-order valence-electron chi connectivity index (χ4n) is 1.61. The first-order valence-electron chi connectivity index (χ1n) is 5.66. The lowest BCUT2D eigenvalue weighted by Crippen LogP contribution is -2.24. The molecule has 0 amide bonds. The molecule has 0 spiro atoms. The minimum absolute atomic E-state index is 0.709. The maximum Gasteiger partial charge on any atom is 0.0351 e. The average molecular weight is 226 g/mol. The summed E-state index contributed by atoms with van der Waals surface area (Å²) in [7, 11) is 0. The quantitative estimate of drug-likeness (QED) is 0.672. The summed E-state index contributed by atoms with van der Waals surface area (Å²) in [5, 5.41) is 0. The molecule has 1 rings (SSSR count). The van der Waals surface area contributed by atoms with Crippen molar-refractivity contribution in [1.82, 2.24) is 4.90 Å². The second-order valence-electron chi connectivity index (χ2n) is 3.73. The summed E-state index contributed by atoms with van der Waals surface area (Å²) in [5.41, 5.74) is 2.78. The second-order valence-corrected chi connectivity index (χ2v) is 4.11. The van der Waals surface area contributed by atoms with Gasteiger partial charge in [-0.25, -0.2) is 0 Å². The Morgan fingerprint density at radius 3 is 2.13 bits per heavy atom. The molecule has 0 aliphatic rings. The Balaban J connectivity index is 2.55. The van der Waals surface area contributed by atoms with Gasteiger partial charge in [-0.1, -0.05) is 38.1 Å². The van der Waals surface area contributed by atoms with Crippen molar-refractivity contribution >= 4 is 11.6 Å². The van der Waals surface area contributed by atoms with Crippen LogP contribution in [-0.4, -0.2) is 23.9 Å². The highest BCUT2D eigenvalue weighted by atomic mass is 35.5. The van der Waals surface area contributed by atoms with E-state index in [4.69, 9.17) is 11.6 Å². The first-order chi connectivity index (χ1) is 7.30. The molecule has 0 heterocycles. The highest BCUT2D eigenvalue weighted by molar-refractivity contribution is 6.18. The van der Waals surface area contributed by atoms with Crippen molar-refractivity contribution in [3.05, 3.63) is 35.4 Å². The minimum Gasteiger partial charge on any atom is -0.298 e. The standard InChI is InChI=1S/C13H20ClN/c1-3-12-5-7-13(8-6-12)11-15(4-2)10-9-14/h5-8H,3-4,9-11H2,1-2H3. The maximum atomic E-state index is 5.75. The van der Waals surface area contributed by atoms with Gasteiger partial charge in [0.1, 0.15) is 0 Å². The molecule has 1 nitrogen and oxygen atoms in total. The van der Waals surface area contributed by atoms with Crippen molar-refractivity contribution in [3.63, 3.8) is 0 Å². The van der Waals surface area contributed by atoms with E-state index in [-0.39, 0.29) is 0 Å². The van der Waals surface area contributed by atoms with Crippen LogP contribution in [0.15, 0.2) is 24.3 Å². The number of rotatable bonds is 6. The first kappa shape index (κ1) is 12.5. The third kappa shape index (κ3) is 4.23. The minimum atomic E-state index is 0.709. The number of aryl methyl sites for hydroxylation is 1. The highest BCUT2D eigenvalue weighted by Crippen LogP contribution is 2.08. The molecule has 0 saturated heterocycles. The normalized spacial score (nSPS) is 10.9. The number of hydrogen-bond donors (Lipinski definition) is 0. The van der Waals surface area contributed by atoms with Crippen LogP contribution in [0.2, 0.25) is 0 Å². The Morgan fingerprint density at radius 1 is 1.07 bits per heavy atom. The molecule has 0 aliphatic carbocycles. The Bertz CT molecular complexity index is 268. The van der Waals surface area contributed by atoms with E-state index in [1.165, 1.54) is 11.1 Å². The van der Waals surface area contributed by atoms with E-state index in [0.29, 0.717) is 5.88 Å². The molecule has 0 fully saturated rings. The van der Waals surface area contributed by atoms with Crippen LogP contribution in [0.5, 0.6) is 0 Å². The van der Waals surface area contributed by atoms with Crippen LogP contribution in [0.3, 0.4) is 0 Å². The molecular formula is C13H20ClN. The Kier molecular flexibility index (Phi) is 5.74. The van der Waals surface area contributed by atoms with Crippen LogP contribution < -0.4 is 0 Å². The molecule has 0 aliphatic heterocycles. The predicted octanol–water partition coefficient (Wildman–Crippen LogP) is 3.31. The molecule has 1 aromatic rings. The first-order valence-corrected chi connectivity index (χ1v) is 6.19. The zero-order valence-electron chi connectivity index (χ0n) is 9.67.